The summed E-state index contributed by atoms with van der Waals surface area (Å²) in [6, 6.07) is 26.3. The van der Waals surface area contributed by atoms with E-state index < -0.39 is 0 Å². The Morgan fingerprint density at radius 1 is 0.484 bits per heavy atom. The van der Waals surface area contributed by atoms with Gasteiger partial charge in [-0.25, -0.2) is 0 Å². The molecule has 4 unspecified atom stereocenters. The third kappa shape index (κ3) is 21.6. The quantitative estimate of drug-likeness (QED) is 0.201. The summed E-state index contributed by atoms with van der Waals surface area (Å²) >= 11 is 0. The van der Waals surface area contributed by atoms with Gasteiger partial charge in [-0.15, -0.1) is 0 Å². The summed E-state index contributed by atoms with van der Waals surface area (Å²) < 4.78 is 0. The number of hydrogen-bond acceptors (Lipinski definition) is 0. The number of hydrogen-bond donors (Lipinski definition) is 0. The first-order valence-electron chi connectivity index (χ1n) is 26.8. The molecular weight excluding hydrogens is 745 g/mol. The molecule has 0 radical (unpaired) electrons. The molecule has 7 rings (SSSR count). The van der Waals surface area contributed by atoms with E-state index in [4.69, 9.17) is 0 Å². The van der Waals surface area contributed by atoms with Gasteiger partial charge in [0.05, 0.1) is 0 Å². The highest BCUT2D eigenvalue weighted by Gasteiger charge is 2.38. The van der Waals surface area contributed by atoms with E-state index >= 15 is 0 Å². The summed E-state index contributed by atoms with van der Waals surface area (Å²) in [5.41, 5.74) is 9.50. The third-order valence-electron chi connectivity index (χ3n) is 15.9. The van der Waals surface area contributed by atoms with Crippen LogP contribution in [-0.4, -0.2) is 0 Å². The highest BCUT2D eigenvalue weighted by atomic mass is 14.4. The monoisotopic (exact) mass is 847 g/mol. The van der Waals surface area contributed by atoms with Crippen LogP contribution in [-0.2, 0) is 19.3 Å². The lowest BCUT2D eigenvalue weighted by molar-refractivity contribution is 0.0581. The first-order chi connectivity index (χ1) is 29.6. The minimum atomic E-state index is 0.586. The van der Waals surface area contributed by atoms with Gasteiger partial charge in [-0.3, -0.25) is 0 Å². The molecule has 0 heterocycles. The Morgan fingerprint density at radius 3 is 1.29 bits per heavy atom. The summed E-state index contributed by atoms with van der Waals surface area (Å²) in [6.45, 7) is 30.2. The Bertz CT molecular complexity index is 1470. The predicted octanol–water partition coefficient (Wildman–Crippen LogP) is 19.6. The lowest BCUT2D eigenvalue weighted by Gasteiger charge is -2.45. The molecule has 0 heteroatoms. The van der Waals surface area contributed by atoms with E-state index in [9.17, 15) is 0 Å². The summed E-state index contributed by atoms with van der Waals surface area (Å²) in [5, 5.41) is 0. The van der Waals surface area contributed by atoms with Gasteiger partial charge in [0, 0.05) is 0 Å². The van der Waals surface area contributed by atoms with Crippen molar-refractivity contribution in [2.24, 2.45) is 52.3 Å². The van der Waals surface area contributed by atoms with Crippen LogP contribution in [0.5, 0.6) is 0 Å². The highest BCUT2D eigenvalue weighted by molar-refractivity contribution is 5.30. The van der Waals surface area contributed by atoms with E-state index in [0.29, 0.717) is 10.8 Å². The molecular formula is C62H102. The Kier molecular flexibility index (Phi) is 24.9. The number of aryl methyl sites for hydroxylation is 4. The molecule has 0 spiro atoms. The van der Waals surface area contributed by atoms with Crippen LogP contribution in [0.3, 0.4) is 0 Å². The summed E-state index contributed by atoms with van der Waals surface area (Å²) in [7, 11) is 0. The van der Waals surface area contributed by atoms with Gasteiger partial charge in [0.15, 0.2) is 0 Å². The zero-order valence-corrected chi connectivity index (χ0v) is 43.5. The average molecular weight is 847 g/mol. The molecule has 4 saturated carbocycles. The molecule has 4 atom stereocenters. The molecule has 0 N–H and O–H groups in total. The van der Waals surface area contributed by atoms with E-state index in [0.717, 1.165) is 60.7 Å². The lowest BCUT2D eigenvalue weighted by Crippen LogP contribution is -2.34. The topological polar surface area (TPSA) is 0 Å². The van der Waals surface area contributed by atoms with Crippen LogP contribution < -0.4 is 0 Å². The smallest absolute Gasteiger partial charge is 0.00258 e. The summed E-state index contributed by atoms with van der Waals surface area (Å²) in [6.07, 6.45) is 31.5. The molecule has 4 aliphatic rings. The molecule has 0 aliphatic heterocycles. The van der Waals surface area contributed by atoms with E-state index in [1.165, 1.54) is 149 Å². The second-order valence-electron chi connectivity index (χ2n) is 22.9. The van der Waals surface area contributed by atoms with Gasteiger partial charge in [0.2, 0.25) is 0 Å². The maximum Gasteiger partial charge on any atom is -0.00258 e. The summed E-state index contributed by atoms with van der Waals surface area (Å²) in [5.74, 6) is 7.30. The van der Waals surface area contributed by atoms with Gasteiger partial charge in [-0.2, -0.15) is 0 Å². The molecule has 62 heavy (non-hydrogen) atoms. The van der Waals surface area contributed by atoms with Crippen molar-refractivity contribution in [3.8, 4) is 0 Å². The highest BCUT2D eigenvalue weighted by Crippen LogP contribution is 2.50. The van der Waals surface area contributed by atoms with E-state index in [1.807, 2.05) is 0 Å². The van der Waals surface area contributed by atoms with Crippen molar-refractivity contribution >= 4 is 0 Å². The molecule has 0 amide bonds. The SMILES string of the molecule is CC1CCC(CC2CCC(C)CC2)CC1.CCC1(C)CC(C)CC(C)(C)C1.CCC1CCCC(CC)C1.CCc1cccc(CC)c1.Cc1ccc(Cc2ccc(C)cc2)cc1. The maximum atomic E-state index is 2.46. The van der Waals surface area contributed by atoms with Crippen molar-refractivity contribution in [1.82, 2.24) is 0 Å². The van der Waals surface area contributed by atoms with Crippen LogP contribution in [0.1, 0.15) is 232 Å². The van der Waals surface area contributed by atoms with Crippen molar-refractivity contribution in [2.45, 2.75) is 231 Å². The van der Waals surface area contributed by atoms with E-state index in [2.05, 4.69) is 163 Å². The van der Waals surface area contributed by atoms with E-state index in [-0.39, 0.29) is 0 Å². The molecule has 0 bridgehead atoms. The molecule has 3 aromatic carbocycles. The average Bonchev–Trinajstić information content (AvgIpc) is 3.27. The number of rotatable bonds is 9. The molecule has 3 aromatic rings. The fourth-order valence-electron chi connectivity index (χ4n) is 11.9. The third-order valence-corrected chi connectivity index (χ3v) is 15.9. The van der Waals surface area contributed by atoms with Gasteiger partial charge in [0.25, 0.3) is 0 Å². The van der Waals surface area contributed by atoms with Crippen LogP contribution in [0, 0.1) is 66.1 Å². The molecule has 4 fully saturated rings. The lowest BCUT2D eigenvalue weighted by atomic mass is 9.60. The maximum absolute atomic E-state index is 2.46. The van der Waals surface area contributed by atoms with Crippen molar-refractivity contribution in [1.29, 1.82) is 0 Å². The molecule has 0 saturated heterocycles. The Labute approximate surface area is 388 Å². The Morgan fingerprint density at radius 2 is 0.919 bits per heavy atom. The molecule has 350 valence electrons. The normalized spacial score (nSPS) is 27.9. The van der Waals surface area contributed by atoms with Crippen LogP contribution in [0.4, 0.5) is 0 Å². The van der Waals surface area contributed by atoms with Gasteiger partial charge in [-0.05, 0) is 140 Å². The zero-order chi connectivity index (χ0) is 45.5. The Balaban J connectivity index is 0.000000209. The van der Waals surface area contributed by atoms with Crippen LogP contribution in [0.2, 0.25) is 0 Å². The molecule has 0 nitrogen and oxygen atoms in total. The largest absolute Gasteiger partial charge is 0.0651 e. The Hall–Kier alpha value is -2.34. The van der Waals surface area contributed by atoms with Crippen LogP contribution in [0.25, 0.3) is 0 Å². The first kappa shape index (κ1) is 54.0. The van der Waals surface area contributed by atoms with Gasteiger partial charge >= 0.3 is 0 Å². The molecule has 0 aromatic heterocycles. The van der Waals surface area contributed by atoms with Crippen molar-refractivity contribution < 1.29 is 0 Å². The fourth-order valence-corrected chi connectivity index (χ4v) is 11.9. The van der Waals surface area contributed by atoms with Crippen molar-refractivity contribution in [3.05, 3.63) is 106 Å². The van der Waals surface area contributed by atoms with Gasteiger partial charge in [-0.1, -0.05) is 250 Å². The van der Waals surface area contributed by atoms with E-state index in [1.54, 1.807) is 6.42 Å². The zero-order valence-electron chi connectivity index (χ0n) is 43.5. The van der Waals surface area contributed by atoms with Crippen LogP contribution in [0.15, 0.2) is 72.8 Å². The minimum Gasteiger partial charge on any atom is -0.0651 e. The minimum absolute atomic E-state index is 0.586. The van der Waals surface area contributed by atoms with Crippen molar-refractivity contribution in [3.63, 3.8) is 0 Å². The van der Waals surface area contributed by atoms with Crippen LogP contribution >= 0.6 is 0 Å². The van der Waals surface area contributed by atoms with Gasteiger partial charge < -0.3 is 0 Å². The second-order valence-corrected chi connectivity index (χ2v) is 22.9. The first-order valence-corrected chi connectivity index (χ1v) is 26.8. The standard InChI is InChI=1S/C15H28.C15H16.C12H24.C10H20.C10H14/c2*1-12-3-7-14(8-4-12)11-15-9-5-13(2)6-10-15;1-6-12(5)8-10(2)7-11(3,4)9-12;2*1-3-9-6-5-7-10(4-2)8-9/h12-15H,3-11H2,1-2H3;3-10H,11H2,1-2H3;10H,6-9H2,1-5H3;9-10H,3-8H2,1-2H3;5-8H,3-4H2,1-2H3. The second kappa shape index (κ2) is 28.5. The molecule has 4 aliphatic carbocycles. The van der Waals surface area contributed by atoms with Crippen molar-refractivity contribution in [2.75, 3.05) is 0 Å². The predicted molar refractivity (Wildman–Crippen MR) is 278 cm³/mol. The number of benzene rings is 3. The van der Waals surface area contributed by atoms with Gasteiger partial charge in [0.1, 0.15) is 0 Å². The fraction of sp³-hybridized carbons (Fsp3) is 0.710. The summed E-state index contributed by atoms with van der Waals surface area (Å²) in [4.78, 5) is 0.